The molecule has 1 aromatic rings. The first-order valence-corrected chi connectivity index (χ1v) is 14.0. The molecule has 2 fully saturated rings. The van der Waals surface area contributed by atoms with E-state index in [4.69, 9.17) is 0 Å². The Kier molecular flexibility index (Phi) is 7.28. The summed E-state index contributed by atoms with van der Waals surface area (Å²) in [6, 6.07) is 6.66. The Hall–Kier alpha value is -1.71. The van der Waals surface area contributed by atoms with Crippen LogP contribution in [0.25, 0.3) is 0 Å². The molecule has 0 bridgehead atoms. The highest BCUT2D eigenvalue weighted by atomic mass is 32.2. The second-order valence-corrected chi connectivity index (χ2v) is 12.9. The van der Waals surface area contributed by atoms with Crippen molar-refractivity contribution < 1.29 is 21.6 Å². The number of amides is 1. The fourth-order valence-corrected chi connectivity index (χ4v) is 7.53. The highest BCUT2D eigenvalue weighted by Crippen LogP contribution is 2.28. The third-order valence-corrected chi connectivity index (χ3v) is 9.91. The minimum atomic E-state index is -3.60. The molecule has 0 aliphatic carbocycles. The van der Waals surface area contributed by atoms with Crippen molar-refractivity contribution in [2.45, 2.75) is 50.0 Å². The second kappa shape index (κ2) is 9.42. The van der Waals surface area contributed by atoms with E-state index in [0.717, 1.165) is 5.56 Å². The van der Waals surface area contributed by atoms with Crippen LogP contribution in [0.1, 0.15) is 44.6 Å². The lowest BCUT2D eigenvalue weighted by Crippen LogP contribution is -2.48. The predicted molar refractivity (Wildman–Crippen MR) is 121 cm³/mol. The summed E-state index contributed by atoms with van der Waals surface area (Å²) in [5, 5.41) is 0. The Bertz CT molecular complexity index is 1010. The minimum absolute atomic E-state index is 0.00776. The molecule has 0 aromatic heterocycles. The van der Waals surface area contributed by atoms with Crippen molar-refractivity contribution in [1.82, 2.24) is 9.21 Å². The highest BCUT2D eigenvalue weighted by Gasteiger charge is 2.38. The standard InChI is InChI=1S/C22H32N2O5S2/c1-4-12-24(20-11-15-30(26,27)16-20)22(25)19-9-13-23(14-10-19)31(28,29)21-7-5-18(6-8-21)17(2)3/h4-8,17,19-20H,1,9-16H2,2-3H3. The third kappa shape index (κ3) is 5.38. The van der Waals surface area contributed by atoms with Gasteiger partial charge < -0.3 is 4.90 Å². The van der Waals surface area contributed by atoms with Crippen molar-refractivity contribution in [3.63, 3.8) is 0 Å². The van der Waals surface area contributed by atoms with Crippen LogP contribution >= 0.6 is 0 Å². The topological polar surface area (TPSA) is 91.8 Å². The molecule has 1 atom stereocenters. The summed E-state index contributed by atoms with van der Waals surface area (Å²) in [5.74, 6) is 0.0158. The fourth-order valence-electron chi connectivity index (χ4n) is 4.33. The number of carbonyl (C=O) groups is 1. The molecule has 1 amide bonds. The average Bonchev–Trinajstić information content (AvgIpc) is 3.11. The van der Waals surface area contributed by atoms with E-state index in [0.29, 0.717) is 31.7 Å². The molecule has 31 heavy (non-hydrogen) atoms. The van der Waals surface area contributed by atoms with Gasteiger partial charge in [-0.2, -0.15) is 4.31 Å². The van der Waals surface area contributed by atoms with Crippen LogP contribution in [0.15, 0.2) is 41.8 Å². The van der Waals surface area contributed by atoms with Gasteiger partial charge in [0.25, 0.3) is 0 Å². The molecule has 2 saturated heterocycles. The summed E-state index contributed by atoms with van der Waals surface area (Å²) in [6.45, 7) is 8.67. The van der Waals surface area contributed by atoms with Crippen molar-refractivity contribution >= 4 is 25.8 Å². The van der Waals surface area contributed by atoms with Crippen molar-refractivity contribution in [3.8, 4) is 0 Å². The van der Waals surface area contributed by atoms with Gasteiger partial charge in [-0.1, -0.05) is 32.1 Å². The van der Waals surface area contributed by atoms with E-state index < -0.39 is 19.9 Å². The van der Waals surface area contributed by atoms with Gasteiger partial charge >= 0.3 is 0 Å². The number of benzene rings is 1. The number of rotatable bonds is 7. The summed E-state index contributed by atoms with van der Waals surface area (Å²) < 4.78 is 51.2. The molecule has 2 heterocycles. The Balaban J connectivity index is 1.66. The normalized spacial score (nSPS) is 22.5. The monoisotopic (exact) mass is 468 g/mol. The maximum atomic E-state index is 13.1. The van der Waals surface area contributed by atoms with Crippen LogP contribution in [0.2, 0.25) is 0 Å². The van der Waals surface area contributed by atoms with Gasteiger partial charge in [-0.3, -0.25) is 4.79 Å². The molecule has 9 heteroatoms. The van der Waals surface area contributed by atoms with E-state index in [1.54, 1.807) is 23.1 Å². The van der Waals surface area contributed by atoms with Gasteiger partial charge in [0.1, 0.15) is 0 Å². The molecular weight excluding hydrogens is 436 g/mol. The molecule has 0 saturated carbocycles. The van der Waals surface area contributed by atoms with Gasteiger partial charge in [-0.15, -0.1) is 6.58 Å². The number of piperidine rings is 1. The number of carbonyl (C=O) groups excluding carboxylic acids is 1. The van der Waals surface area contributed by atoms with Gasteiger partial charge in [-0.05, 0) is 42.9 Å². The summed E-state index contributed by atoms with van der Waals surface area (Å²) in [7, 11) is -6.71. The third-order valence-electron chi connectivity index (χ3n) is 6.25. The molecule has 2 aliphatic rings. The Morgan fingerprint density at radius 1 is 1.19 bits per heavy atom. The molecule has 0 N–H and O–H groups in total. The number of nitrogens with zero attached hydrogens (tertiary/aromatic N) is 2. The molecule has 3 rings (SSSR count). The van der Waals surface area contributed by atoms with Gasteiger partial charge in [0.15, 0.2) is 9.84 Å². The number of hydrogen-bond acceptors (Lipinski definition) is 5. The lowest BCUT2D eigenvalue weighted by atomic mass is 9.95. The van der Waals surface area contributed by atoms with Gasteiger partial charge in [0.2, 0.25) is 15.9 Å². The van der Waals surface area contributed by atoms with Crippen LogP contribution in [-0.2, 0) is 24.7 Å². The fraction of sp³-hybridized carbons (Fsp3) is 0.591. The lowest BCUT2D eigenvalue weighted by Gasteiger charge is -2.35. The van der Waals surface area contributed by atoms with E-state index in [1.165, 1.54) is 4.31 Å². The van der Waals surface area contributed by atoms with Crippen LogP contribution in [0.4, 0.5) is 0 Å². The molecule has 1 unspecified atom stereocenters. The van der Waals surface area contributed by atoms with Gasteiger partial charge in [0, 0.05) is 31.6 Å². The SMILES string of the molecule is C=CCN(C(=O)C1CCN(S(=O)(=O)c2ccc(C(C)C)cc2)CC1)C1CCS(=O)(=O)C1. The van der Waals surface area contributed by atoms with Crippen LogP contribution in [0, 0.1) is 5.92 Å². The zero-order chi connectivity index (χ0) is 22.8. The van der Waals surface area contributed by atoms with Crippen LogP contribution in [-0.4, -0.2) is 69.1 Å². The first kappa shape index (κ1) is 23.9. The zero-order valence-corrected chi connectivity index (χ0v) is 19.9. The molecule has 0 radical (unpaired) electrons. The number of sulfone groups is 1. The smallest absolute Gasteiger partial charge is 0.243 e. The van der Waals surface area contributed by atoms with Crippen LogP contribution < -0.4 is 0 Å². The summed E-state index contributed by atoms with van der Waals surface area (Å²) >= 11 is 0. The van der Waals surface area contributed by atoms with Crippen molar-refractivity contribution in [2.75, 3.05) is 31.1 Å². The quantitative estimate of drug-likeness (QED) is 0.573. The van der Waals surface area contributed by atoms with Crippen molar-refractivity contribution in [3.05, 3.63) is 42.5 Å². The van der Waals surface area contributed by atoms with Crippen molar-refractivity contribution in [2.24, 2.45) is 5.92 Å². The summed E-state index contributed by atoms with van der Waals surface area (Å²) in [4.78, 5) is 15.0. The first-order chi connectivity index (χ1) is 14.5. The van der Waals surface area contributed by atoms with Crippen LogP contribution in [0.3, 0.4) is 0 Å². The minimum Gasteiger partial charge on any atom is -0.335 e. The molecule has 0 spiro atoms. The molecule has 172 valence electrons. The molecular formula is C22H32N2O5S2. The van der Waals surface area contributed by atoms with E-state index in [1.807, 2.05) is 12.1 Å². The lowest BCUT2D eigenvalue weighted by molar-refractivity contribution is -0.138. The Morgan fingerprint density at radius 2 is 1.81 bits per heavy atom. The predicted octanol–water partition coefficient (Wildman–Crippen LogP) is 2.41. The number of hydrogen-bond donors (Lipinski definition) is 0. The van der Waals surface area contributed by atoms with E-state index in [9.17, 15) is 21.6 Å². The van der Waals surface area contributed by atoms with Gasteiger partial charge in [0.05, 0.1) is 16.4 Å². The first-order valence-electron chi connectivity index (χ1n) is 10.8. The maximum absolute atomic E-state index is 13.1. The average molecular weight is 469 g/mol. The van der Waals surface area contributed by atoms with E-state index in [-0.39, 0.29) is 47.4 Å². The summed E-state index contributed by atoms with van der Waals surface area (Å²) in [6.07, 6.45) is 2.91. The number of sulfonamides is 1. The Labute approximate surface area is 186 Å². The maximum Gasteiger partial charge on any atom is 0.243 e. The van der Waals surface area contributed by atoms with E-state index >= 15 is 0 Å². The molecule has 1 aromatic carbocycles. The Morgan fingerprint density at radius 3 is 2.29 bits per heavy atom. The highest BCUT2D eigenvalue weighted by molar-refractivity contribution is 7.91. The van der Waals surface area contributed by atoms with Crippen LogP contribution in [0.5, 0.6) is 0 Å². The van der Waals surface area contributed by atoms with E-state index in [2.05, 4.69) is 20.4 Å². The second-order valence-electron chi connectivity index (χ2n) is 8.74. The largest absolute Gasteiger partial charge is 0.335 e. The van der Waals surface area contributed by atoms with Gasteiger partial charge in [-0.25, -0.2) is 16.8 Å². The van der Waals surface area contributed by atoms with Crippen molar-refractivity contribution in [1.29, 1.82) is 0 Å². The summed E-state index contributed by atoms with van der Waals surface area (Å²) in [5.41, 5.74) is 1.08. The molecule has 7 nitrogen and oxygen atoms in total. The zero-order valence-electron chi connectivity index (χ0n) is 18.2. The molecule has 2 aliphatic heterocycles.